The van der Waals surface area contributed by atoms with Crippen LogP contribution in [0.2, 0.25) is 0 Å². The van der Waals surface area contributed by atoms with E-state index in [1.165, 1.54) is 9.80 Å². The third-order valence-electron chi connectivity index (χ3n) is 7.01. The minimum atomic E-state index is -2.06. The fraction of sp³-hybridized carbons (Fsp3) is 0.545. The Balaban J connectivity index is 1.84. The minimum absolute atomic E-state index is 0.00300. The second-order valence-electron chi connectivity index (χ2n) is 8.55. The van der Waals surface area contributed by atoms with Crippen LogP contribution >= 0.6 is 0 Å². The van der Waals surface area contributed by atoms with Gasteiger partial charge in [0.15, 0.2) is 0 Å². The first kappa shape index (κ1) is 21.5. The number of benzene rings is 1. The Morgan fingerprint density at radius 3 is 1.61 bits per heavy atom. The molecule has 0 radical (unpaired) electrons. The summed E-state index contributed by atoms with van der Waals surface area (Å²) in [4.78, 5) is 59.8. The van der Waals surface area contributed by atoms with Crippen LogP contribution in [-0.4, -0.2) is 81.6 Å². The van der Waals surface area contributed by atoms with Crippen LogP contribution in [0.4, 0.5) is 9.59 Å². The van der Waals surface area contributed by atoms with Gasteiger partial charge in [-0.25, -0.2) is 19.2 Å². The Morgan fingerprint density at radius 1 is 0.818 bits per heavy atom. The van der Waals surface area contributed by atoms with Crippen molar-refractivity contribution in [2.24, 2.45) is 0 Å². The number of rotatable bonds is 4. The van der Waals surface area contributed by atoms with Crippen LogP contribution in [0.3, 0.4) is 0 Å². The van der Waals surface area contributed by atoms with Crippen molar-refractivity contribution in [3.63, 3.8) is 0 Å². The van der Waals surface area contributed by atoms with E-state index >= 15 is 0 Å². The molecular formula is C22H26N4O7. The lowest BCUT2D eigenvalue weighted by atomic mass is 9.90. The summed E-state index contributed by atoms with van der Waals surface area (Å²) in [5.41, 5.74) is -0.502. The van der Waals surface area contributed by atoms with Gasteiger partial charge in [0.05, 0.1) is 26.3 Å². The Bertz CT molecular complexity index is 1030. The summed E-state index contributed by atoms with van der Waals surface area (Å²) in [5, 5.41) is 0. The average molecular weight is 458 g/mol. The number of nitrogens with zero attached hydrogens (tertiary/aromatic N) is 4. The molecule has 0 N–H and O–H groups in total. The SMILES string of the molecule is CCOC(=O)C12N3COCN1C(=O)N1Cc4cc(C)c(C)cc4CN(C3=O)C12C(=O)OCC. The van der Waals surface area contributed by atoms with Crippen molar-refractivity contribution in [2.75, 3.05) is 26.7 Å². The first-order valence-electron chi connectivity index (χ1n) is 11.0. The van der Waals surface area contributed by atoms with Gasteiger partial charge in [-0.15, -0.1) is 0 Å². The molecule has 4 heterocycles. The molecule has 33 heavy (non-hydrogen) atoms. The molecule has 11 heteroatoms. The Kier molecular flexibility index (Phi) is 4.61. The summed E-state index contributed by atoms with van der Waals surface area (Å²) in [6.45, 7) is 6.67. The lowest BCUT2D eigenvalue weighted by Crippen LogP contribution is -2.77. The standard InChI is InChI=1S/C22H26N4O7/c1-5-32-17(27)21-22(18(28)33-6-2)25-11-31-12-26(22)20(30)24(21)10-16-8-14(4)13(3)7-15(16)9-23(21)19(25)29/h7-8H,5-6,9-12H2,1-4H3. The maximum atomic E-state index is 13.8. The zero-order valence-electron chi connectivity index (χ0n) is 19.0. The lowest BCUT2D eigenvalue weighted by molar-refractivity contribution is -0.212. The van der Waals surface area contributed by atoms with Crippen molar-refractivity contribution in [3.05, 3.63) is 34.4 Å². The largest absolute Gasteiger partial charge is 0.463 e. The number of amides is 4. The molecule has 3 saturated heterocycles. The molecule has 3 fully saturated rings. The van der Waals surface area contributed by atoms with E-state index in [2.05, 4.69) is 0 Å². The van der Waals surface area contributed by atoms with E-state index < -0.39 is 35.3 Å². The quantitative estimate of drug-likeness (QED) is 0.625. The van der Waals surface area contributed by atoms with Crippen molar-refractivity contribution in [1.29, 1.82) is 0 Å². The number of urea groups is 2. The summed E-state index contributed by atoms with van der Waals surface area (Å²) < 4.78 is 16.4. The van der Waals surface area contributed by atoms with Gasteiger partial charge in [0.1, 0.15) is 13.5 Å². The van der Waals surface area contributed by atoms with E-state index in [0.29, 0.717) is 0 Å². The number of hydrogen-bond donors (Lipinski definition) is 0. The zero-order chi connectivity index (χ0) is 23.7. The smallest absolute Gasteiger partial charge is 0.359 e. The Labute approximate surface area is 190 Å². The zero-order valence-corrected chi connectivity index (χ0v) is 19.0. The highest BCUT2D eigenvalue weighted by atomic mass is 16.6. The molecule has 0 unspecified atom stereocenters. The van der Waals surface area contributed by atoms with Crippen LogP contribution in [0.1, 0.15) is 36.1 Å². The van der Waals surface area contributed by atoms with Gasteiger partial charge in [-0.2, -0.15) is 0 Å². The monoisotopic (exact) mass is 458 g/mol. The van der Waals surface area contributed by atoms with E-state index in [0.717, 1.165) is 32.1 Å². The fourth-order valence-electron chi connectivity index (χ4n) is 5.53. The molecule has 5 rings (SSSR count). The van der Waals surface area contributed by atoms with Gasteiger partial charge in [0, 0.05) is 0 Å². The van der Waals surface area contributed by atoms with Gasteiger partial charge in [0.25, 0.3) is 11.3 Å². The number of hydrogen-bond acceptors (Lipinski definition) is 7. The molecule has 0 bridgehead atoms. The van der Waals surface area contributed by atoms with Gasteiger partial charge in [0.2, 0.25) is 0 Å². The number of aryl methyl sites for hydroxylation is 2. The van der Waals surface area contributed by atoms with Crippen molar-refractivity contribution in [2.45, 2.75) is 52.1 Å². The highest BCUT2D eigenvalue weighted by molar-refractivity contribution is 6.09. The number of carbonyl (C=O) groups is 4. The third-order valence-corrected chi connectivity index (χ3v) is 7.01. The van der Waals surface area contributed by atoms with Gasteiger partial charge >= 0.3 is 24.0 Å². The number of carbonyl (C=O) groups excluding carboxylic acids is 4. The van der Waals surface area contributed by atoms with Gasteiger partial charge in [-0.3, -0.25) is 19.6 Å². The van der Waals surface area contributed by atoms with Crippen molar-refractivity contribution < 1.29 is 33.4 Å². The first-order valence-corrected chi connectivity index (χ1v) is 11.0. The van der Waals surface area contributed by atoms with Crippen LogP contribution < -0.4 is 0 Å². The van der Waals surface area contributed by atoms with Crippen LogP contribution in [0.15, 0.2) is 12.1 Å². The summed E-state index contributed by atoms with van der Waals surface area (Å²) in [6, 6.07) is 2.69. The molecule has 0 saturated carbocycles. The Hall–Kier alpha value is -3.34. The third kappa shape index (κ3) is 2.32. The van der Waals surface area contributed by atoms with Gasteiger partial charge in [-0.05, 0) is 49.9 Å². The number of fused-ring (bicyclic) bond motifs is 1. The van der Waals surface area contributed by atoms with E-state index in [1.807, 2.05) is 26.0 Å². The highest BCUT2D eigenvalue weighted by Gasteiger charge is 2.88. The average Bonchev–Trinajstić information content (AvgIpc) is 3.07. The summed E-state index contributed by atoms with van der Waals surface area (Å²) in [7, 11) is 0. The van der Waals surface area contributed by atoms with Crippen LogP contribution in [-0.2, 0) is 36.9 Å². The topological polar surface area (TPSA) is 109 Å². The molecule has 0 spiro atoms. The normalized spacial score (nSPS) is 27.4. The molecule has 4 amide bonds. The van der Waals surface area contributed by atoms with Crippen LogP contribution in [0.25, 0.3) is 0 Å². The number of esters is 2. The maximum absolute atomic E-state index is 13.8. The van der Waals surface area contributed by atoms with E-state index in [-0.39, 0.29) is 39.8 Å². The van der Waals surface area contributed by atoms with Crippen molar-refractivity contribution in [1.82, 2.24) is 19.6 Å². The molecule has 0 atom stereocenters. The molecule has 11 nitrogen and oxygen atoms in total. The Morgan fingerprint density at radius 2 is 1.21 bits per heavy atom. The van der Waals surface area contributed by atoms with Crippen molar-refractivity contribution >= 4 is 24.0 Å². The molecule has 0 aliphatic carbocycles. The highest BCUT2D eigenvalue weighted by Crippen LogP contribution is 2.56. The fourth-order valence-corrected chi connectivity index (χ4v) is 5.53. The molecule has 1 aromatic carbocycles. The minimum Gasteiger partial charge on any atom is -0.463 e. The van der Waals surface area contributed by atoms with E-state index in [9.17, 15) is 19.2 Å². The summed E-state index contributed by atoms with van der Waals surface area (Å²) in [5.74, 6) is -1.72. The molecule has 4 aliphatic heterocycles. The van der Waals surface area contributed by atoms with E-state index in [4.69, 9.17) is 14.2 Å². The predicted octanol–water partition coefficient (Wildman–Crippen LogP) is 1.26. The lowest BCUT2D eigenvalue weighted by Gasteiger charge is -2.46. The maximum Gasteiger partial charge on any atom is 0.359 e. The number of ether oxygens (including phenoxy) is 3. The molecule has 4 aliphatic rings. The second-order valence-corrected chi connectivity index (χ2v) is 8.55. The molecule has 1 aromatic rings. The van der Waals surface area contributed by atoms with E-state index in [1.54, 1.807) is 13.8 Å². The first-order chi connectivity index (χ1) is 15.8. The molecule has 0 aromatic heterocycles. The van der Waals surface area contributed by atoms with Crippen LogP contribution in [0, 0.1) is 13.8 Å². The van der Waals surface area contributed by atoms with Gasteiger partial charge in [-0.1, -0.05) is 12.1 Å². The van der Waals surface area contributed by atoms with Crippen molar-refractivity contribution in [3.8, 4) is 0 Å². The van der Waals surface area contributed by atoms with Crippen LogP contribution in [0.5, 0.6) is 0 Å². The second kappa shape index (κ2) is 7.08. The predicted molar refractivity (Wildman–Crippen MR) is 111 cm³/mol. The summed E-state index contributed by atoms with van der Waals surface area (Å²) >= 11 is 0. The molecule has 176 valence electrons. The van der Waals surface area contributed by atoms with Gasteiger partial charge < -0.3 is 14.2 Å². The summed E-state index contributed by atoms with van der Waals surface area (Å²) in [6.07, 6.45) is 0. The molecular weight excluding hydrogens is 432 g/mol.